The zero-order chi connectivity index (χ0) is 20.7. The van der Waals surface area contributed by atoms with Crippen molar-refractivity contribution in [3.05, 3.63) is 59.3 Å². The monoisotopic (exact) mass is 407 g/mol. The number of carbonyl (C=O) groups excluding carboxylic acids is 1. The fourth-order valence-electron chi connectivity index (χ4n) is 3.92. The minimum atomic E-state index is -0.856. The fourth-order valence-corrected chi connectivity index (χ4v) is 3.92. The summed E-state index contributed by atoms with van der Waals surface area (Å²) in [6.45, 7) is 0.629. The van der Waals surface area contributed by atoms with Crippen molar-refractivity contribution in [1.82, 2.24) is 30.3 Å². The molecule has 3 N–H and O–H groups in total. The Morgan fingerprint density at radius 1 is 1.23 bits per heavy atom. The molecule has 5 rings (SSSR count). The van der Waals surface area contributed by atoms with E-state index in [2.05, 4.69) is 26.6 Å². The fraction of sp³-hybridized carbons (Fsp3) is 0.429. The zero-order valence-electron chi connectivity index (χ0n) is 16.8. The number of aromatic amines is 1. The van der Waals surface area contributed by atoms with Gasteiger partial charge in [0.2, 0.25) is 5.82 Å². The maximum Gasteiger partial charge on any atom is 0.289 e. The van der Waals surface area contributed by atoms with Crippen LogP contribution in [0.4, 0.5) is 5.82 Å². The van der Waals surface area contributed by atoms with Gasteiger partial charge in [0.05, 0.1) is 11.7 Å². The molecule has 0 radical (unpaired) electrons. The molecule has 3 aromatic rings. The molecule has 30 heavy (non-hydrogen) atoms. The summed E-state index contributed by atoms with van der Waals surface area (Å²) in [5, 5.41) is 26.5. The Morgan fingerprint density at radius 2 is 2.03 bits per heavy atom. The smallest absolute Gasteiger partial charge is 0.289 e. The van der Waals surface area contributed by atoms with E-state index in [9.17, 15) is 9.90 Å². The molecule has 3 heterocycles. The van der Waals surface area contributed by atoms with E-state index < -0.39 is 12.3 Å². The molecule has 1 saturated carbocycles. The lowest BCUT2D eigenvalue weighted by Crippen LogP contribution is -2.50. The van der Waals surface area contributed by atoms with Gasteiger partial charge in [-0.1, -0.05) is 30.3 Å². The Kier molecular flexibility index (Phi) is 4.74. The summed E-state index contributed by atoms with van der Waals surface area (Å²) in [4.78, 5) is 17.5. The lowest BCUT2D eigenvalue weighted by Gasteiger charge is -2.29. The van der Waals surface area contributed by atoms with Crippen molar-refractivity contribution < 1.29 is 9.90 Å². The van der Waals surface area contributed by atoms with Gasteiger partial charge in [0.1, 0.15) is 17.9 Å². The quantitative estimate of drug-likeness (QED) is 0.590. The third-order valence-electron chi connectivity index (χ3n) is 5.82. The van der Waals surface area contributed by atoms with Crippen LogP contribution in [0.2, 0.25) is 0 Å². The number of aliphatic hydroxyl groups is 1. The summed E-state index contributed by atoms with van der Waals surface area (Å²) >= 11 is 0. The highest BCUT2D eigenvalue weighted by Gasteiger charge is 2.34. The Labute approximate surface area is 174 Å². The minimum absolute atomic E-state index is 0.147. The molecule has 9 nitrogen and oxygen atoms in total. The number of aryl methyl sites for hydroxylation is 1. The van der Waals surface area contributed by atoms with Gasteiger partial charge in [0.25, 0.3) is 5.91 Å². The summed E-state index contributed by atoms with van der Waals surface area (Å²) < 4.78 is 1.93. The molecular formula is C21H25N7O2. The molecule has 1 amide bonds. The molecule has 0 bridgehead atoms. The first-order chi connectivity index (χ1) is 14.6. The number of nitrogens with zero attached hydrogens (tertiary/aromatic N) is 5. The van der Waals surface area contributed by atoms with Crippen LogP contribution in [0, 0.1) is 0 Å². The highest BCUT2D eigenvalue weighted by Crippen LogP contribution is 2.41. The minimum Gasteiger partial charge on any atom is -0.371 e. The molecule has 0 spiro atoms. The van der Waals surface area contributed by atoms with E-state index in [-0.39, 0.29) is 11.7 Å². The van der Waals surface area contributed by atoms with Gasteiger partial charge in [-0.2, -0.15) is 5.10 Å². The summed E-state index contributed by atoms with van der Waals surface area (Å²) in [6, 6.07) is 11.5. The third kappa shape index (κ3) is 3.68. The topological polar surface area (TPSA) is 112 Å². The molecule has 0 saturated heterocycles. The number of rotatable bonds is 5. The van der Waals surface area contributed by atoms with Crippen molar-refractivity contribution in [1.29, 1.82) is 0 Å². The molecule has 1 aromatic carbocycles. The molecule has 2 aliphatic rings. The second-order valence-corrected chi connectivity index (χ2v) is 8.10. The second-order valence-electron chi connectivity index (χ2n) is 8.10. The maximum absolute atomic E-state index is 12.7. The van der Waals surface area contributed by atoms with Crippen LogP contribution in [0.5, 0.6) is 0 Å². The molecular weight excluding hydrogens is 382 g/mol. The number of benzene rings is 1. The van der Waals surface area contributed by atoms with Crippen molar-refractivity contribution in [2.75, 3.05) is 11.9 Å². The number of likely N-dealkylation sites (N-methyl/N-ethyl adjacent to an activating group) is 1. The Bertz CT molecular complexity index is 1040. The van der Waals surface area contributed by atoms with Gasteiger partial charge in [-0.15, -0.1) is 10.2 Å². The van der Waals surface area contributed by atoms with Gasteiger partial charge in [0.15, 0.2) is 0 Å². The van der Waals surface area contributed by atoms with Gasteiger partial charge in [-0.25, -0.2) is 4.68 Å². The van der Waals surface area contributed by atoms with Crippen LogP contribution in [-0.2, 0) is 13.0 Å². The molecule has 2 aromatic heterocycles. The molecule has 9 heteroatoms. The van der Waals surface area contributed by atoms with Crippen LogP contribution < -0.4 is 10.2 Å². The number of anilines is 1. The number of H-pyrrole nitrogens is 1. The number of hydrogen-bond donors (Lipinski definition) is 3. The number of nitrogens with one attached hydrogen (secondary N) is 2. The molecule has 156 valence electrons. The van der Waals surface area contributed by atoms with Crippen molar-refractivity contribution in [2.45, 2.75) is 50.4 Å². The molecule has 2 atom stereocenters. The number of amides is 1. The van der Waals surface area contributed by atoms with Gasteiger partial charge >= 0.3 is 0 Å². The second kappa shape index (κ2) is 7.56. The first kappa shape index (κ1) is 18.8. The van der Waals surface area contributed by atoms with Crippen molar-refractivity contribution in [3.8, 4) is 0 Å². The summed E-state index contributed by atoms with van der Waals surface area (Å²) in [5.41, 5.74) is 2.18. The SMILES string of the molecule is CN1c2cc(C3CC3)nn2CCC(NC(=O)c2nnc(Cc3ccccc3)[nH]2)C1O. The average molecular weight is 407 g/mol. The normalized spacial score (nSPS) is 21.2. The van der Waals surface area contributed by atoms with Crippen molar-refractivity contribution in [2.24, 2.45) is 0 Å². The number of carbonyl (C=O) groups is 1. The summed E-state index contributed by atoms with van der Waals surface area (Å²) in [7, 11) is 1.83. The van der Waals surface area contributed by atoms with E-state index in [0.29, 0.717) is 31.1 Å². The van der Waals surface area contributed by atoms with E-state index in [1.807, 2.05) is 42.1 Å². The Morgan fingerprint density at radius 3 is 2.80 bits per heavy atom. The van der Waals surface area contributed by atoms with Crippen LogP contribution >= 0.6 is 0 Å². The largest absolute Gasteiger partial charge is 0.371 e. The van der Waals surface area contributed by atoms with Crippen molar-refractivity contribution >= 4 is 11.7 Å². The lowest BCUT2D eigenvalue weighted by atomic mass is 10.1. The molecule has 1 aliphatic heterocycles. The predicted octanol–water partition coefficient (Wildman–Crippen LogP) is 1.43. The van der Waals surface area contributed by atoms with Gasteiger partial charge in [-0.3, -0.25) is 4.79 Å². The van der Waals surface area contributed by atoms with E-state index >= 15 is 0 Å². The first-order valence-electron chi connectivity index (χ1n) is 10.3. The number of aliphatic hydroxyl groups excluding tert-OH is 1. The van der Waals surface area contributed by atoms with E-state index in [1.54, 1.807) is 4.90 Å². The van der Waals surface area contributed by atoms with Crippen LogP contribution in [-0.4, -0.2) is 55.3 Å². The van der Waals surface area contributed by atoms with Crippen molar-refractivity contribution in [3.63, 3.8) is 0 Å². The summed E-state index contributed by atoms with van der Waals surface area (Å²) in [5.74, 6) is 1.83. The zero-order valence-corrected chi connectivity index (χ0v) is 16.8. The number of aromatic nitrogens is 5. The Hall–Kier alpha value is -3.20. The van der Waals surface area contributed by atoms with Crippen LogP contribution in [0.15, 0.2) is 36.4 Å². The highest BCUT2D eigenvalue weighted by atomic mass is 16.3. The first-order valence-corrected chi connectivity index (χ1v) is 10.3. The molecule has 1 fully saturated rings. The number of hydrogen-bond acceptors (Lipinski definition) is 6. The average Bonchev–Trinajstić information content (AvgIpc) is 3.37. The predicted molar refractivity (Wildman–Crippen MR) is 110 cm³/mol. The molecule has 2 unspecified atom stereocenters. The summed E-state index contributed by atoms with van der Waals surface area (Å²) in [6.07, 6.45) is 2.66. The standard InChI is InChI=1S/C21H25N7O2/c1-27-18-12-16(14-7-8-14)26-28(18)10-9-15(21(27)30)22-20(29)19-23-17(24-25-19)11-13-5-3-2-4-6-13/h2-6,12,14-15,21,30H,7-11H2,1H3,(H,22,29)(H,23,24,25). The van der Waals surface area contributed by atoms with Crippen LogP contribution in [0.3, 0.4) is 0 Å². The third-order valence-corrected chi connectivity index (χ3v) is 5.82. The van der Waals surface area contributed by atoms with Crippen LogP contribution in [0.25, 0.3) is 0 Å². The van der Waals surface area contributed by atoms with Gasteiger partial charge in [-0.05, 0) is 24.8 Å². The van der Waals surface area contributed by atoms with Crippen LogP contribution in [0.1, 0.15) is 52.9 Å². The van der Waals surface area contributed by atoms with Gasteiger partial charge in [0, 0.05) is 32.0 Å². The molecule has 1 aliphatic carbocycles. The van der Waals surface area contributed by atoms with E-state index in [4.69, 9.17) is 5.10 Å². The number of fused-ring (bicyclic) bond motifs is 1. The van der Waals surface area contributed by atoms with E-state index in [1.165, 1.54) is 12.8 Å². The van der Waals surface area contributed by atoms with E-state index in [0.717, 1.165) is 17.1 Å². The lowest BCUT2D eigenvalue weighted by molar-refractivity contribution is 0.0819. The Balaban J connectivity index is 1.25. The highest BCUT2D eigenvalue weighted by molar-refractivity contribution is 5.90. The maximum atomic E-state index is 12.7. The van der Waals surface area contributed by atoms with Gasteiger partial charge < -0.3 is 20.3 Å².